The van der Waals surface area contributed by atoms with Gasteiger partial charge in [-0.15, -0.1) is 0 Å². The fourth-order valence-corrected chi connectivity index (χ4v) is 4.59. The molecule has 3 aromatic rings. The van der Waals surface area contributed by atoms with Crippen LogP contribution in [0.2, 0.25) is 0 Å². The number of nitro groups is 1. The van der Waals surface area contributed by atoms with E-state index in [0.29, 0.717) is 17.5 Å². The number of oxazole rings is 1. The van der Waals surface area contributed by atoms with E-state index in [1.807, 2.05) is 0 Å². The molecule has 0 aliphatic carbocycles. The van der Waals surface area contributed by atoms with Gasteiger partial charge in [-0.3, -0.25) is 19.5 Å². The smallest absolute Gasteiger partial charge is 0.407 e. The van der Waals surface area contributed by atoms with Crippen LogP contribution in [0.15, 0.2) is 56.6 Å². The first-order valence-electron chi connectivity index (χ1n) is 10.2. The molecule has 0 fully saturated rings. The summed E-state index contributed by atoms with van der Waals surface area (Å²) in [6.45, 7) is 3.81. The van der Waals surface area contributed by atoms with E-state index in [9.17, 15) is 28.1 Å². The summed E-state index contributed by atoms with van der Waals surface area (Å²) < 4.78 is 33.5. The lowest BCUT2D eigenvalue weighted by atomic mass is 10.2. The van der Waals surface area contributed by atoms with E-state index in [0.717, 1.165) is 0 Å². The molecule has 3 rings (SSSR count). The van der Waals surface area contributed by atoms with Gasteiger partial charge < -0.3 is 9.73 Å². The molecule has 0 saturated heterocycles. The van der Waals surface area contributed by atoms with Crippen LogP contribution >= 0.6 is 0 Å². The number of fused-ring (bicyclic) bond motifs is 1. The number of amides is 1. The highest BCUT2D eigenvalue weighted by atomic mass is 32.2. The number of benzene rings is 2. The first-order valence-corrected chi connectivity index (χ1v) is 11.7. The molecule has 0 aliphatic rings. The van der Waals surface area contributed by atoms with Crippen molar-refractivity contribution >= 4 is 32.7 Å². The number of hydrogen-bond donors (Lipinski definition) is 2. The average Bonchev–Trinajstić information content (AvgIpc) is 3.06. The number of carbonyl (C=O) groups excluding carboxylic acids is 1. The molecule has 33 heavy (non-hydrogen) atoms. The summed E-state index contributed by atoms with van der Waals surface area (Å²) in [6, 6.07) is 9.97. The van der Waals surface area contributed by atoms with E-state index < -0.39 is 20.7 Å². The van der Waals surface area contributed by atoms with Gasteiger partial charge in [0, 0.05) is 31.6 Å². The highest BCUT2D eigenvalue weighted by Gasteiger charge is 2.16. The standard InChI is InChI=1S/C21H24N4O7S/c1-14(2)23-33(30,31)17-6-3-5-15(11-17)13-22-20(26)7-4-10-24-18-9-8-16(25(28)29)12-19(18)32-21(24)27/h3,5-6,8-9,11-12,14,23H,4,7,10,13H2,1-2H3,(H,22,26). The van der Waals surface area contributed by atoms with E-state index in [4.69, 9.17) is 4.42 Å². The average molecular weight is 477 g/mol. The largest absolute Gasteiger partial charge is 0.419 e. The zero-order valence-corrected chi connectivity index (χ0v) is 18.9. The Bertz CT molecular complexity index is 1340. The van der Waals surface area contributed by atoms with Crippen molar-refractivity contribution in [1.82, 2.24) is 14.6 Å². The van der Waals surface area contributed by atoms with Gasteiger partial charge in [0.05, 0.1) is 21.4 Å². The van der Waals surface area contributed by atoms with Crippen LogP contribution in [0.25, 0.3) is 11.1 Å². The van der Waals surface area contributed by atoms with Gasteiger partial charge in [-0.05, 0) is 44.0 Å². The highest BCUT2D eigenvalue weighted by molar-refractivity contribution is 7.89. The Hall–Kier alpha value is -3.51. The van der Waals surface area contributed by atoms with Crippen LogP contribution < -0.4 is 15.8 Å². The quantitative estimate of drug-likeness (QED) is 0.336. The van der Waals surface area contributed by atoms with Crippen LogP contribution in [0.1, 0.15) is 32.3 Å². The number of nitro benzene ring substituents is 1. The molecule has 0 spiro atoms. The number of carbonyl (C=O) groups is 1. The molecule has 1 heterocycles. The maximum absolute atomic E-state index is 12.3. The number of sulfonamides is 1. The zero-order chi connectivity index (χ0) is 24.2. The van der Waals surface area contributed by atoms with Crippen molar-refractivity contribution in [2.75, 3.05) is 0 Å². The van der Waals surface area contributed by atoms with Crippen LogP contribution in [0.3, 0.4) is 0 Å². The number of rotatable bonds is 10. The van der Waals surface area contributed by atoms with Crippen LogP contribution in [-0.2, 0) is 27.9 Å². The van der Waals surface area contributed by atoms with Gasteiger partial charge in [0.1, 0.15) is 0 Å². The molecule has 2 N–H and O–H groups in total. The van der Waals surface area contributed by atoms with E-state index in [-0.39, 0.29) is 47.6 Å². The lowest BCUT2D eigenvalue weighted by molar-refractivity contribution is -0.384. The van der Waals surface area contributed by atoms with Crippen LogP contribution in [-0.4, -0.2) is 29.9 Å². The van der Waals surface area contributed by atoms with Crippen molar-refractivity contribution in [2.45, 2.75) is 50.7 Å². The highest BCUT2D eigenvalue weighted by Crippen LogP contribution is 2.20. The monoisotopic (exact) mass is 476 g/mol. The zero-order valence-electron chi connectivity index (χ0n) is 18.1. The Balaban J connectivity index is 1.56. The molecule has 1 amide bonds. The third-order valence-electron chi connectivity index (χ3n) is 4.74. The van der Waals surface area contributed by atoms with Gasteiger partial charge in [-0.1, -0.05) is 12.1 Å². The summed E-state index contributed by atoms with van der Waals surface area (Å²) in [5.74, 6) is -0.918. The van der Waals surface area contributed by atoms with Gasteiger partial charge in [-0.25, -0.2) is 17.9 Å². The lowest BCUT2D eigenvalue weighted by Gasteiger charge is -2.11. The molecule has 0 aliphatic heterocycles. The van der Waals surface area contributed by atoms with Gasteiger partial charge in [0.2, 0.25) is 15.9 Å². The number of nitrogens with one attached hydrogen (secondary N) is 2. The van der Waals surface area contributed by atoms with Gasteiger partial charge in [0.15, 0.2) is 5.58 Å². The molecule has 0 radical (unpaired) electrons. The minimum absolute atomic E-state index is 0.112. The SMILES string of the molecule is CC(C)NS(=O)(=O)c1cccc(CNC(=O)CCCn2c(=O)oc3cc([N+](=O)[O-])ccc32)c1. The molecule has 0 saturated carbocycles. The number of hydrogen-bond acceptors (Lipinski definition) is 7. The first kappa shape index (κ1) is 24.1. The Morgan fingerprint density at radius 1 is 1.21 bits per heavy atom. The second-order valence-corrected chi connectivity index (χ2v) is 9.45. The van der Waals surface area contributed by atoms with Gasteiger partial charge >= 0.3 is 5.76 Å². The number of aryl methyl sites for hydroxylation is 1. The summed E-state index contributed by atoms with van der Waals surface area (Å²) in [7, 11) is -3.63. The number of non-ortho nitro benzene ring substituents is 1. The second-order valence-electron chi connectivity index (χ2n) is 7.73. The summed E-state index contributed by atoms with van der Waals surface area (Å²) in [4.78, 5) is 34.7. The van der Waals surface area contributed by atoms with Crippen molar-refractivity contribution in [2.24, 2.45) is 0 Å². The Morgan fingerprint density at radius 2 is 1.97 bits per heavy atom. The molecular formula is C21H24N4O7S. The van der Waals surface area contributed by atoms with Crippen molar-refractivity contribution in [3.05, 3.63) is 68.7 Å². The molecular weight excluding hydrogens is 452 g/mol. The van der Waals surface area contributed by atoms with Crippen molar-refractivity contribution in [1.29, 1.82) is 0 Å². The summed E-state index contributed by atoms with van der Waals surface area (Å²) in [5.41, 5.74) is 0.979. The summed E-state index contributed by atoms with van der Waals surface area (Å²) in [5, 5.41) is 13.6. The maximum Gasteiger partial charge on any atom is 0.419 e. The number of nitrogens with zero attached hydrogens (tertiary/aromatic N) is 2. The predicted octanol–water partition coefficient (Wildman–Crippen LogP) is 2.29. The second kappa shape index (κ2) is 9.96. The lowest BCUT2D eigenvalue weighted by Crippen LogP contribution is -2.30. The molecule has 12 heteroatoms. The normalized spacial score (nSPS) is 11.7. The molecule has 2 aromatic carbocycles. The van der Waals surface area contributed by atoms with E-state index >= 15 is 0 Å². The predicted molar refractivity (Wildman–Crippen MR) is 120 cm³/mol. The number of aromatic nitrogens is 1. The fraction of sp³-hybridized carbons (Fsp3) is 0.333. The Morgan fingerprint density at radius 3 is 2.67 bits per heavy atom. The molecule has 0 unspecified atom stereocenters. The maximum atomic E-state index is 12.3. The topological polar surface area (TPSA) is 154 Å². The first-order chi connectivity index (χ1) is 15.6. The molecule has 11 nitrogen and oxygen atoms in total. The summed E-state index contributed by atoms with van der Waals surface area (Å²) >= 11 is 0. The Kier molecular flexibility index (Phi) is 7.29. The molecule has 0 bridgehead atoms. The van der Waals surface area contributed by atoms with E-state index in [1.54, 1.807) is 26.0 Å². The third-order valence-corrected chi connectivity index (χ3v) is 6.39. The van der Waals surface area contributed by atoms with Crippen LogP contribution in [0.5, 0.6) is 0 Å². The van der Waals surface area contributed by atoms with Crippen LogP contribution in [0.4, 0.5) is 5.69 Å². The summed E-state index contributed by atoms with van der Waals surface area (Å²) in [6.07, 6.45) is 0.461. The van der Waals surface area contributed by atoms with Crippen molar-refractivity contribution in [3.8, 4) is 0 Å². The fourth-order valence-electron chi connectivity index (χ4n) is 3.27. The van der Waals surface area contributed by atoms with E-state index in [2.05, 4.69) is 10.0 Å². The molecule has 0 atom stereocenters. The molecule has 1 aromatic heterocycles. The minimum atomic E-state index is -3.63. The van der Waals surface area contributed by atoms with Gasteiger partial charge in [-0.2, -0.15) is 0 Å². The van der Waals surface area contributed by atoms with Gasteiger partial charge in [0.25, 0.3) is 5.69 Å². The third kappa shape index (κ3) is 6.05. The van der Waals surface area contributed by atoms with E-state index in [1.165, 1.54) is 34.9 Å². The minimum Gasteiger partial charge on any atom is -0.407 e. The van der Waals surface area contributed by atoms with Crippen molar-refractivity contribution < 1.29 is 22.6 Å². The molecule has 176 valence electrons. The Labute approximate surface area is 189 Å². The van der Waals surface area contributed by atoms with Crippen molar-refractivity contribution in [3.63, 3.8) is 0 Å². The van der Waals surface area contributed by atoms with Crippen LogP contribution in [0, 0.1) is 10.1 Å².